The van der Waals surface area contributed by atoms with Gasteiger partial charge >= 0.3 is 0 Å². The summed E-state index contributed by atoms with van der Waals surface area (Å²) < 4.78 is 5.53. The summed E-state index contributed by atoms with van der Waals surface area (Å²) in [5, 5.41) is 0.903. The van der Waals surface area contributed by atoms with Crippen molar-refractivity contribution in [3.63, 3.8) is 0 Å². The molecule has 18 heavy (non-hydrogen) atoms. The number of fused-ring (bicyclic) bond motifs is 1. The lowest BCUT2D eigenvalue weighted by molar-refractivity contribution is 0.102. The molecule has 0 saturated heterocycles. The highest BCUT2D eigenvalue weighted by atomic mass is 79.9. The molecule has 0 atom stereocenters. The summed E-state index contributed by atoms with van der Waals surface area (Å²) in [7, 11) is 0. The van der Waals surface area contributed by atoms with Crippen molar-refractivity contribution < 1.29 is 9.21 Å². The third-order valence-corrected chi connectivity index (χ3v) is 3.66. The van der Waals surface area contributed by atoms with Crippen LogP contribution in [0.5, 0.6) is 0 Å². The van der Waals surface area contributed by atoms with E-state index in [9.17, 15) is 9.59 Å². The zero-order chi connectivity index (χ0) is 13.4. The summed E-state index contributed by atoms with van der Waals surface area (Å²) in [6.07, 6.45) is 0. The molecule has 0 aliphatic rings. The summed E-state index contributed by atoms with van der Waals surface area (Å²) >= 11 is 9.04. The van der Waals surface area contributed by atoms with Gasteiger partial charge in [0.05, 0.1) is 10.7 Å². The molecule has 0 radical (unpaired) electrons. The molecular weight excluding hydrogens is 319 g/mol. The van der Waals surface area contributed by atoms with Crippen LogP contribution >= 0.6 is 27.5 Å². The predicted molar refractivity (Wildman–Crippen MR) is 75.1 cm³/mol. The molecule has 0 amide bonds. The van der Waals surface area contributed by atoms with Gasteiger partial charge < -0.3 is 4.42 Å². The van der Waals surface area contributed by atoms with Crippen LogP contribution in [-0.4, -0.2) is 11.1 Å². The quantitative estimate of drug-likeness (QED) is 0.624. The highest BCUT2D eigenvalue weighted by molar-refractivity contribution is 9.09. The first-order valence-corrected chi connectivity index (χ1v) is 6.78. The molecule has 0 unspecified atom stereocenters. The van der Waals surface area contributed by atoms with Crippen molar-refractivity contribution in [1.29, 1.82) is 0 Å². The Morgan fingerprint density at radius 1 is 1.39 bits per heavy atom. The van der Waals surface area contributed by atoms with Crippen LogP contribution in [0.2, 0.25) is 5.02 Å². The van der Waals surface area contributed by atoms with Crippen LogP contribution in [-0.2, 0) is 0 Å². The highest BCUT2D eigenvalue weighted by Gasteiger charge is 2.18. The minimum absolute atomic E-state index is 0.0827. The van der Waals surface area contributed by atoms with Gasteiger partial charge in [0.1, 0.15) is 16.9 Å². The molecule has 0 aliphatic heterocycles. The molecule has 0 N–H and O–H groups in total. The van der Waals surface area contributed by atoms with Gasteiger partial charge in [-0.15, -0.1) is 0 Å². The van der Waals surface area contributed by atoms with E-state index >= 15 is 0 Å². The molecule has 0 saturated carbocycles. The molecule has 2 rings (SSSR count). The van der Waals surface area contributed by atoms with Gasteiger partial charge in [-0.05, 0) is 31.5 Å². The summed E-state index contributed by atoms with van der Waals surface area (Å²) in [4.78, 5) is 24.0. The van der Waals surface area contributed by atoms with E-state index in [1.165, 1.54) is 0 Å². The van der Waals surface area contributed by atoms with Crippen molar-refractivity contribution in [3.8, 4) is 0 Å². The van der Waals surface area contributed by atoms with Crippen molar-refractivity contribution >= 4 is 44.3 Å². The summed E-state index contributed by atoms with van der Waals surface area (Å²) in [5.41, 5.74) is 1.02. The normalized spacial score (nSPS) is 10.9. The number of hydrogen-bond acceptors (Lipinski definition) is 3. The van der Waals surface area contributed by atoms with Crippen LogP contribution in [0.15, 0.2) is 21.3 Å². The van der Waals surface area contributed by atoms with Crippen molar-refractivity contribution in [1.82, 2.24) is 0 Å². The molecule has 1 aromatic heterocycles. The molecule has 94 valence electrons. The minimum atomic E-state index is -0.333. The van der Waals surface area contributed by atoms with Crippen LogP contribution in [0, 0.1) is 13.8 Å². The number of carbonyl (C=O) groups excluding carboxylic acids is 1. The number of hydrogen-bond donors (Lipinski definition) is 0. The van der Waals surface area contributed by atoms with Crippen molar-refractivity contribution in [2.75, 3.05) is 5.33 Å². The Hall–Kier alpha value is -1.13. The Morgan fingerprint density at radius 2 is 2.06 bits per heavy atom. The Kier molecular flexibility index (Phi) is 3.59. The monoisotopic (exact) mass is 328 g/mol. The summed E-state index contributed by atoms with van der Waals surface area (Å²) in [6.45, 7) is 3.44. The minimum Gasteiger partial charge on any atom is -0.460 e. The second kappa shape index (κ2) is 4.86. The Bertz CT molecular complexity index is 703. The van der Waals surface area contributed by atoms with Crippen molar-refractivity contribution in [2.24, 2.45) is 0 Å². The first-order chi connectivity index (χ1) is 8.45. The molecule has 0 aliphatic carbocycles. The van der Waals surface area contributed by atoms with Crippen molar-refractivity contribution in [3.05, 3.63) is 44.3 Å². The molecule has 1 aromatic carbocycles. The molecule has 1 heterocycles. The topological polar surface area (TPSA) is 47.3 Å². The van der Waals surface area contributed by atoms with E-state index in [4.69, 9.17) is 16.0 Å². The third-order valence-electron chi connectivity index (χ3n) is 2.75. The van der Waals surface area contributed by atoms with Gasteiger partial charge in [0.25, 0.3) is 0 Å². The zero-order valence-electron chi connectivity index (χ0n) is 9.84. The van der Waals surface area contributed by atoms with Gasteiger partial charge in [0, 0.05) is 5.02 Å². The maximum Gasteiger partial charge on any atom is 0.203 e. The van der Waals surface area contributed by atoms with E-state index in [0.717, 1.165) is 5.56 Å². The van der Waals surface area contributed by atoms with Crippen LogP contribution in [0.4, 0.5) is 0 Å². The molecule has 3 nitrogen and oxygen atoms in total. The lowest BCUT2D eigenvalue weighted by Crippen LogP contribution is -2.18. The maximum absolute atomic E-state index is 12.3. The Labute approximate surface area is 117 Å². The average molecular weight is 330 g/mol. The second-order valence-corrected chi connectivity index (χ2v) is 4.98. The van der Waals surface area contributed by atoms with Gasteiger partial charge in [-0.3, -0.25) is 9.59 Å². The van der Waals surface area contributed by atoms with Gasteiger partial charge in [-0.1, -0.05) is 27.5 Å². The van der Waals surface area contributed by atoms with Gasteiger partial charge in [-0.2, -0.15) is 0 Å². The number of halogens is 2. The highest BCUT2D eigenvalue weighted by Crippen LogP contribution is 2.23. The average Bonchev–Trinajstić information content (AvgIpc) is 2.32. The fraction of sp³-hybridized carbons (Fsp3) is 0.231. The Morgan fingerprint density at radius 3 is 2.67 bits per heavy atom. The molecule has 0 spiro atoms. The maximum atomic E-state index is 12.3. The third kappa shape index (κ3) is 2.10. The lowest BCUT2D eigenvalue weighted by atomic mass is 10.1. The zero-order valence-corrected chi connectivity index (χ0v) is 12.2. The van der Waals surface area contributed by atoms with Crippen LogP contribution in [0.1, 0.15) is 21.7 Å². The molecule has 5 heteroatoms. The fourth-order valence-electron chi connectivity index (χ4n) is 1.82. The number of carbonyl (C=O) groups is 1. The SMILES string of the molecule is Cc1cc2oc(C)c(C(=O)CBr)c(=O)c2cc1Cl. The molecule has 2 aromatic rings. The van der Waals surface area contributed by atoms with Gasteiger partial charge in [0.2, 0.25) is 5.43 Å². The van der Waals surface area contributed by atoms with Gasteiger partial charge in [0.15, 0.2) is 5.78 Å². The first-order valence-electron chi connectivity index (χ1n) is 5.28. The lowest BCUT2D eigenvalue weighted by Gasteiger charge is -2.06. The Balaban J connectivity index is 2.90. The van der Waals surface area contributed by atoms with E-state index in [2.05, 4.69) is 15.9 Å². The van der Waals surface area contributed by atoms with Crippen LogP contribution in [0.3, 0.4) is 0 Å². The number of Topliss-reactive ketones (excluding diaryl/α,β-unsaturated/α-hetero) is 1. The largest absolute Gasteiger partial charge is 0.460 e. The van der Waals surface area contributed by atoms with Crippen molar-refractivity contribution in [2.45, 2.75) is 13.8 Å². The number of aryl methyl sites for hydroxylation is 2. The fourth-order valence-corrected chi connectivity index (χ4v) is 2.26. The smallest absolute Gasteiger partial charge is 0.203 e. The van der Waals surface area contributed by atoms with Gasteiger partial charge in [-0.25, -0.2) is 0 Å². The molecular formula is C13H10BrClO3. The van der Waals surface area contributed by atoms with E-state index in [1.54, 1.807) is 19.1 Å². The summed E-state index contributed by atoms with van der Waals surface area (Å²) in [5.74, 6) is 0.0403. The summed E-state index contributed by atoms with van der Waals surface area (Å²) in [6, 6.07) is 3.25. The van der Waals surface area contributed by atoms with E-state index in [0.29, 0.717) is 21.8 Å². The van der Waals surface area contributed by atoms with Crippen LogP contribution < -0.4 is 5.43 Å². The first kappa shape index (κ1) is 13.3. The molecule has 0 bridgehead atoms. The molecule has 0 fully saturated rings. The standard InChI is InChI=1S/C13H10BrClO3/c1-6-3-11-8(4-9(6)15)13(17)12(7(2)18-11)10(16)5-14/h3-4H,5H2,1-2H3. The number of rotatable bonds is 2. The number of ketones is 1. The van der Waals surface area contributed by atoms with Crippen LogP contribution in [0.25, 0.3) is 11.0 Å². The number of benzene rings is 1. The second-order valence-electron chi connectivity index (χ2n) is 4.02. The van der Waals surface area contributed by atoms with E-state index < -0.39 is 0 Å². The number of alkyl halides is 1. The van der Waals surface area contributed by atoms with E-state index in [-0.39, 0.29) is 22.1 Å². The van der Waals surface area contributed by atoms with E-state index in [1.807, 2.05) is 6.92 Å². The predicted octanol–water partition coefficient (Wildman–Crippen LogP) is 3.64.